The fourth-order valence-electron chi connectivity index (χ4n) is 1.99. The maximum atomic E-state index is 11.2. The zero-order valence-electron chi connectivity index (χ0n) is 11.8. The van der Waals surface area contributed by atoms with Crippen LogP contribution >= 0.6 is 11.3 Å². The van der Waals surface area contributed by atoms with E-state index in [4.69, 9.17) is 10.3 Å². The molecular weight excluding hydrogens is 300 g/mol. The molecule has 3 aromatic rings. The highest BCUT2D eigenvalue weighted by Crippen LogP contribution is 2.24. The molecule has 0 aliphatic rings. The molecule has 3 N–H and O–H groups in total. The van der Waals surface area contributed by atoms with Crippen LogP contribution in [-0.2, 0) is 0 Å². The van der Waals surface area contributed by atoms with Crippen LogP contribution in [0, 0.1) is 0 Å². The van der Waals surface area contributed by atoms with Crippen LogP contribution in [-0.4, -0.2) is 16.0 Å². The van der Waals surface area contributed by atoms with Crippen molar-refractivity contribution < 1.29 is 9.32 Å². The summed E-state index contributed by atoms with van der Waals surface area (Å²) in [6.07, 6.45) is 0. The van der Waals surface area contributed by atoms with Gasteiger partial charge < -0.3 is 15.6 Å². The minimum absolute atomic E-state index is 0.190. The molecule has 0 fully saturated rings. The van der Waals surface area contributed by atoms with Gasteiger partial charge in [-0.15, -0.1) is 11.3 Å². The number of nitrogens with two attached hydrogens (primary N) is 1. The SMILES string of the molecule is C[C@@H](Nc1cccc(C(N)=O)c1)c1nc(-c2cccs2)no1. The molecule has 112 valence electrons. The van der Waals surface area contributed by atoms with E-state index in [9.17, 15) is 4.79 Å². The van der Waals surface area contributed by atoms with Gasteiger partial charge in [0, 0.05) is 11.3 Å². The number of primary amides is 1. The van der Waals surface area contributed by atoms with Crippen molar-refractivity contribution in [2.24, 2.45) is 5.73 Å². The van der Waals surface area contributed by atoms with Gasteiger partial charge in [-0.1, -0.05) is 17.3 Å². The Hall–Kier alpha value is -2.67. The number of amides is 1. The van der Waals surface area contributed by atoms with Gasteiger partial charge in [0.2, 0.25) is 17.6 Å². The first-order valence-corrected chi connectivity index (χ1v) is 7.55. The van der Waals surface area contributed by atoms with Crippen LogP contribution in [0.2, 0.25) is 0 Å². The molecule has 0 bridgehead atoms. The van der Waals surface area contributed by atoms with Crippen molar-refractivity contribution in [3.63, 3.8) is 0 Å². The fraction of sp³-hybridized carbons (Fsp3) is 0.133. The summed E-state index contributed by atoms with van der Waals surface area (Å²) in [5.74, 6) is 0.589. The molecule has 6 nitrogen and oxygen atoms in total. The van der Waals surface area contributed by atoms with Crippen LogP contribution < -0.4 is 11.1 Å². The molecule has 1 atom stereocenters. The molecule has 2 aromatic heterocycles. The molecule has 0 radical (unpaired) electrons. The first-order chi connectivity index (χ1) is 10.6. The number of aromatic nitrogens is 2. The summed E-state index contributed by atoms with van der Waals surface area (Å²) in [7, 11) is 0. The molecule has 3 rings (SSSR count). The Morgan fingerprint density at radius 1 is 1.36 bits per heavy atom. The summed E-state index contributed by atoms with van der Waals surface area (Å²) in [6, 6.07) is 10.7. The molecule has 1 aromatic carbocycles. The Labute approximate surface area is 131 Å². The highest BCUT2D eigenvalue weighted by Gasteiger charge is 2.16. The van der Waals surface area contributed by atoms with Gasteiger partial charge in [0.15, 0.2) is 0 Å². The van der Waals surface area contributed by atoms with Crippen molar-refractivity contribution in [3.8, 4) is 10.7 Å². The number of benzene rings is 1. The molecule has 0 aliphatic heterocycles. The number of nitrogens with zero attached hydrogens (tertiary/aromatic N) is 2. The monoisotopic (exact) mass is 314 g/mol. The highest BCUT2D eigenvalue weighted by molar-refractivity contribution is 7.13. The van der Waals surface area contributed by atoms with Crippen LogP contribution in [0.1, 0.15) is 29.2 Å². The third-order valence-corrected chi connectivity index (χ3v) is 3.95. The third kappa shape index (κ3) is 2.99. The molecule has 0 unspecified atom stereocenters. The van der Waals surface area contributed by atoms with E-state index >= 15 is 0 Å². The van der Waals surface area contributed by atoms with Crippen molar-refractivity contribution in [2.75, 3.05) is 5.32 Å². The Balaban J connectivity index is 1.76. The van der Waals surface area contributed by atoms with E-state index in [1.54, 1.807) is 29.5 Å². The average molecular weight is 314 g/mol. The zero-order chi connectivity index (χ0) is 15.5. The number of nitrogens with one attached hydrogen (secondary N) is 1. The van der Waals surface area contributed by atoms with Gasteiger partial charge in [0.05, 0.1) is 4.88 Å². The maximum Gasteiger partial charge on any atom is 0.249 e. The molecule has 22 heavy (non-hydrogen) atoms. The zero-order valence-corrected chi connectivity index (χ0v) is 12.6. The normalized spacial score (nSPS) is 12.0. The van der Waals surface area contributed by atoms with E-state index < -0.39 is 5.91 Å². The van der Waals surface area contributed by atoms with E-state index in [2.05, 4.69) is 15.5 Å². The third-order valence-electron chi connectivity index (χ3n) is 3.08. The van der Waals surface area contributed by atoms with Gasteiger partial charge in [-0.2, -0.15) is 4.98 Å². The summed E-state index contributed by atoms with van der Waals surface area (Å²) >= 11 is 1.55. The first-order valence-electron chi connectivity index (χ1n) is 6.67. The van der Waals surface area contributed by atoms with E-state index in [1.807, 2.05) is 30.5 Å². The van der Waals surface area contributed by atoms with Crippen LogP contribution in [0.15, 0.2) is 46.3 Å². The lowest BCUT2D eigenvalue weighted by Crippen LogP contribution is -2.12. The second-order valence-corrected chi connectivity index (χ2v) is 5.69. The second kappa shape index (κ2) is 5.98. The standard InChI is InChI=1S/C15H14N4O2S/c1-9(17-11-5-2-4-10(8-11)13(16)20)15-18-14(19-21-15)12-6-3-7-22-12/h2-9,17H,1H3,(H2,16,20)/t9-/m1/s1. The smallest absolute Gasteiger partial charge is 0.249 e. The quantitative estimate of drug-likeness (QED) is 0.754. The van der Waals surface area contributed by atoms with Crippen LogP contribution in [0.25, 0.3) is 10.7 Å². The van der Waals surface area contributed by atoms with Crippen molar-refractivity contribution >= 4 is 22.9 Å². The van der Waals surface area contributed by atoms with Gasteiger partial charge in [-0.3, -0.25) is 4.79 Å². The number of carbonyl (C=O) groups is 1. The van der Waals surface area contributed by atoms with Gasteiger partial charge in [0.25, 0.3) is 0 Å². The predicted octanol–water partition coefficient (Wildman–Crippen LogP) is 3.07. The summed E-state index contributed by atoms with van der Waals surface area (Å²) in [6.45, 7) is 1.91. The minimum Gasteiger partial charge on any atom is -0.374 e. The lowest BCUT2D eigenvalue weighted by atomic mass is 10.2. The van der Waals surface area contributed by atoms with Crippen LogP contribution in [0.4, 0.5) is 5.69 Å². The molecule has 0 spiro atoms. The lowest BCUT2D eigenvalue weighted by molar-refractivity contribution is 0.100. The van der Waals surface area contributed by atoms with Crippen molar-refractivity contribution in [1.29, 1.82) is 0 Å². The summed E-state index contributed by atoms with van der Waals surface area (Å²) in [5, 5.41) is 9.15. The predicted molar refractivity (Wildman–Crippen MR) is 84.6 cm³/mol. The average Bonchev–Trinajstić information content (AvgIpc) is 3.18. The Kier molecular flexibility index (Phi) is 3.88. The van der Waals surface area contributed by atoms with Crippen molar-refractivity contribution in [1.82, 2.24) is 10.1 Å². The summed E-state index contributed by atoms with van der Waals surface area (Å²) in [5.41, 5.74) is 6.49. The van der Waals surface area contributed by atoms with Gasteiger partial charge in [-0.05, 0) is 36.6 Å². The minimum atomic E-state index is -0.464. The van der Waals surface area contributed by atoms with Crippen LogP contribution in [0.5, 0.6) is 0 Å². The lowest BCUT2D eigenvalue weighted by Gasteiger charge is -2.11. The first kappa shape index (κ1) is 14.3. The molecule has 0 aliphatic carbocycles. The van der Waals surface area contributed by atoms with Crippen molar-refractivity contribution in [3.05, 3.63) is 53.2 Å². The number of hydrogen-bond acceptors (Lipinski definition) is 6. The number of carbonyl (C=O) groups excluding carboxylic acids is 1. The van der Waals surface area contributed by atoms with E-state index in [0.717, 1.165) is 10.6 Å². The summed E-state index contributed by atoms with van der Waals surface area (Å²) in [4.78, 5) is 16.5. The van der Waals surface area contributed by atoms with Crippen molar-refractivity contribution in [2.45, 2.75) is 13.0 Å². The number of anilines is 1. The molecule has 1 amide bonds. The fourth-order valence-corrected chi connectivity index (χ4v) is 2.64. The Morgan fingerprint density at radius 3 is 2.95 bits per heavy atom. The van der Waals surface area contributed by atoms with E-state index in [-0.39, 0.29) is 6.04 Å². The molecular formula is C15H14N4O2S. The second-order valence-electron chi connectivity index (χ2n) is 4.74. The summed E-state index contributed by atoms with van der Waals surface area (Å²) < 4.78 is 5.29. The molecule has 0 saturated carbocycles. The molecule has 7 heteroatoms. The van der Waals surface area contributed by atoms with Gasteiger partial charge >= 0.3 is 0 Å². The highest BCUT2D eigenvalue weighted by atomic mass is 32.1. The van der Waals surface area contributed by atoms with E-state index in [1.165, 1.54) is 0 Å². The van der Waals surface area contributed by atoms with Crippen LogP contribution in [0.3, 0.4) is 0 Å². The number of hydrogen-bond donors (Lipinski definition) is 2. The molecule has 2 heterocycles. The molecule has 0 saturated heterocycles. The number of rotatable bonds is 5. The topological polar surface area (TPSA) is 94.0 Å². The maximum absolute atomic E-state index is 11.2. The number of thiophene rings is 1. The largest absolute Gasteiger partial charge is 0.374 e. The Morgan fingerprint density at radius 2 is 2.23 bits per heavy atom. The van der Waals surface area contributed by atoms with Gasteiger partial charge in [-0.25, -0.2) is 0 Å². The van der Waals surface area contributed by atoms with Gasteiger partial charge in [0.1, 0.15) is 6.04 Å². The Bertz CT molecular complexity index is 782. The van der Waals surface area contributed by atoms with E-state index in [0.29, 0.717) is 17.3 Å².